The van der Waals surface area contributed by atoms with Crippen LogP contribution in [-0.4, -0.2) is 18.4 Å². The summed E-state index contributed by atoms with van der Waals surface area (Å²) in [5.74, 6) is 0. The van der Waals surface area contributed by atoms with Crippen LogP contribution >= 0.6 is 15.9 Å². The van der Waals surface area contributed by atoms with Gasteiger partial charge < -0.3 is 4.90 Å². The molecule has 0 spiro atoms. The zero-order valence-corrected chi connectivity index (χ0v) is 7.63. The molecule has 0 aliphatic rings. The second-order valence-corrected chi connectivity index (χ2v) is 2.54. The molecule has 0 heterocycles. The van der Waals surface area contributed by atoms with Gasteiger partial charge in [0.2, 0.25) is 6.41 Å². The maximum atomic E-state index is 10.1. The molecule has 10 heavy (non-hydrogen) atoms. The summed E-state index contributed by atoms with van der Waals surface area (Å²) >= 11 is 3.21. The summed E-state index contributed by atoms with van der Waals surface area (Å²) < 4.78 is 0.751. The molecule has 56 valence electrons. The number of hydrogen-bond acceptors (Lipinski definition) is 1. The van der Waals surface area contributed by atoms with Gasteiger partial charge in [0.05, 0.1) is 4.61 Å². The molecule has 0 fully saturated rings. The molecule has 0 aromatic rings. The Morgan fingerprint density at radius 2 is 2.20 bits per heavy atom. The lowest BCUT2D eigenvalue weighted by molar-refractivity contribution is -0.115. The molecule has 2 nitrogen and oxygen atoms in total. The van der Waals surface area contributed by atoms with Gasteiger partial charge in [0.1, 0.15) is 0 Å². The maximum absolute atomic E-state index is 10.1. The molecule has 3 heteroatoms. The number of hydrogen-bond donors (Lipinski definition) is 0. The molecule has 0 unspecified atom stereocenters. The summed E-state index contributed by atoms with van der Waals surface area (Å²) in [5, 5.41) is 0. The molecule has 0 saturated heterocycles. The SMILES string of the molecule is C/C=C\C=C(\Br)N(C)C=O. The van der Waals surface area contributed by atoms with Gasteiger partial charge in [-0.15, -0.1) is 0 Å². The Bertz CT molecular complexity index is 163. The summed E-state index contributed by atoms with van der Waals surface area (Å²) in [4.78, 5) is 11.6. The Kier molecular flexibility index (Phi) is 4.94. The molecule has 0 rings (SSSR count). The van der Waals surface area contributed by atoms with E-state index >= 15 is 0 Å². The molecular weight excluding hydrogens is 194 g/mol. The molecule has 0 N–H and O–H groups in total. The molecule has 0 aliphatic carbocycles. The quantitative estimate of drug-likeness (QED) is 0.390. The van der Waals surface area contributed by atoms with Crippen LogP contribution in [0.2, 0.25) is 0 Å². The predicted molar refractivity (Wildman–Crippen MR) is 45.7 cm³/mol. The number of carbonyl (C=O) groups excluding carboxylic acids is 1. The first-order valence-corrected chi connectivity index (χ1v) is 3.68. The topological polar surface area (TPSA) is 20.3 Å². The molecule has 1 amide bonds. The first kappa shape index (κ1) is 9.43. The average molecular weight is 204 g/mol. The van der Waals surface area contributed by atoms with Gasteiger partial charge >= 0.3 is 0 Å². The van der Waals surface area contributed by atoms with Crippen LogP contribution in [0, 0.1) is 0 Å². The van der Waals surface area contributed by atoms with Crippen molar-refractivity contribution in [1.82, 2.24) is 4.90 Å². The Labute approximate surface area is 69.3 Å². The lowest BCUT2D eigenvalue weighted by Gasteiger charge is -2.06. The summed E-state index contributed by atoms with van der Waals surface area (Å²) in [6, 6.07) is 0. The van der Waals surface area contributed by atoms with E-state index in [4.69, 9.17) is 0 Å². The van der Waals surface area contributed by atoms with Crippen LogP contribution < -0.4 is 0 Å². The highest BCUT2D eigenvalue weighted by molar-refractivity contribution is 9.11. The lowest BCUT2D eigenvalue weighted by Crippen LogP contribution is -2.10. The van der Waals surface area contributed by atoms with Gasteiger partial charge in [0.25, 0.3) is 0 Å². The molecule has 0 bridgehead atoms. The molecule has 0 atom stereocenters. The van der Waals surface area contributed by atoms with Gasteiger partial charge in [-0.1, -0.05) is 12.2 Å². The summed E-state index contributed by atoms with van der Waals surface area (Å²) in [6.45, 7) is 1.91. The maximum Gasteiger partial charge on any atom is 0.214 e. The number of amides is 1. The van der Waals surface area contributed by atoms with E-state index in [0.29, 0.717) is 0 Å². The third kappa shape index (κ3) is 3.45. The van der Waals surface area contributed by atoms with E-state index in [1.54, 1.807) is 13.1 Å². The molecular formula is C7H10BrNO. The first-order chi connectivity index (χ1) is 4.72. The number of nitrogens with zero attached hydrogens (tertiary/aromatic N) is 1. The van der Waals surface area contributed by atoms with Gasteiger partial charge in [0, 0.05) is 7.05 Å². The second kappa shape index (κ2) is 5.23. The molecule has 0 aliphatic heterocycles. The van der Waals surface area contributed by atoms with Crippen molar-refractivity contribution in [1.29, 1.82) is 0 Å². The normalized spacial score (nSPS) is 12.1. The molecule has 0 aromatic carbocycles. The summed E-state index contributed by atoms with van der Waals surface area (Å²) in [6.07, 6.45) is 6.28. The fraction of sp³-hybridized carbons (Fsp3) is 0.286. The van der Waals surface area contributed by atoms with Crippen LogP contribution in [0.15, 0.2) is 22.8 Å². The third-order valence-electron chi connectivity index (χ3n) is 0.921. The Hall–Kier alpha value is -0.570. The van der Waals surface area contributed by atoms with Crippen LogP contribution in [-0.2, 0) is 4.79 Å². The standard InChI is InChI=1S/C7H10BrNO/c1-3-4-5-7(8)9(2)6-10/h3-6H,1-2H3/b4-3-,7-5-. The third-order valence-corrected chi connectivity index (χ3v) is 1.74. The van der Waals surface area contributed by atoms with Crippen LogP contribution in [0.25, 0.3) is 0 Å². The lowest BCUT2D eigenvalue weighted by atomic mass is 10.5. The zero-order valence-electron chi connectivity index (χ0n) is 6.04. The largest absolute Gasteiger partial charge is 0.312 e. The van der Waals surface area contributed by atoms with Crippen molar-refractivity contribution in [3.05, 3.63) is 22.8 Å². The summed E-state index contributed by atoms with van der Waals surface area (Å²) in [7, 11) is 1.68. The number of halogens is 1. The van der Waals surface area contributed by atoms with E-state index in [1.807, 2.05) is 19.1 Å². The minimum absolute atomic E-state index is 0.740. The van der Waals surface area contributed by atoms with E-state index in [9.17, 15) is 4.79 Å². The minimum atomic E-state index is 0.740. The Morgan fingerprint density at radius 1 is 1.60 bits per heavy atom. The fourth-order valence-electron chi connectivity index (χ4n) is 0.344. The number of rotatable bonds is 3. The smallest absolute Gasteiger partial charge is 0.214 e. The van der Waals surface area contributed by atoms with E-state index in [2.05, 4.69) is 15.9 Å². The second-order valence-electron chi connectivity index (χ2n) is 1.73. The highest BCUT2D eigenvalue weighted by atomic mass is 79.9. The van der Waals surface area contributed by atoms with Crippen molar-refractivity contribution >= 4 is 22.3 Å². The van der Waals surface area contributed by atoms with Crippen molar-refractivity contribution in [2.45, 2.75) is 6.92 Å². The average Bonchev–Trinajstić information content (AvgIpc) is 1.98. The monoisotopic (exact) mass is 203 g/mol. The van der Waals surface area contributed by atoms with E-state index < -0.39 is 0 Å². The molecule has 0 saturated carbocycles. The first-order valence-electron chi connectivity index (χ1n) is 2.89. The van der Waals surface area contributed by atoms with E-state index in [1.165, 1.54) is 4.90 Å². The van der Waals surface area contributed by atoms with Crippen LogP contribution in [0.5, 0.6) is 0 Å². The number of allylic oxidation sites excluding steroid dienone is 3. The van der Waals surface area contributed by atoms with E-state index in [-0.39, 0.29) is 0 Å². The summed E-state index contributed by atoms with van der Waals surface area (Å²) in [5.41, 5.74) is 0. The molecule has 0 radical (unpaired) electrons. The van der Waals surface area contributed by atoms with Gasteiger partial charge in [-0.2, -0.15) is 0 Å². The van der Waals surface area contributed by atoms with Gasteiger partial charge in [-0.3, -0.25) is 4.79 Å². The molecule has 0 aromatic heterocycles. The minimum Gasteiger partial charge on any atom is -0.312 e. The zero-order chi connectivity index (χ0) is 7.98. The van der Waals surface area contributed by atoms with Gasteiger partial charge in [0.15, 0.2) is 0 Å². The van der Waals surface area contributed by atoms with Gasteiger partial charge in [-0.25, -0.2) is 0 Å². The van der Waals surface area contributed by atoms with E-state index in [0.717, 1.165) is 11.0 Å². The van der Waals surface area contributed by atoms with Crippen molar-refractivity contribution < 1.29 is 4.79 Å². The predicted octanol–water partition coefficient (Wildman–Crippen LogP) is 1.89. The van der Waals surface area contributed by atoms with Crippen LogP contribution in [0.1, 0.15) is 6.92 Å². The van der Waals surface area contributed by atoms with Gasteiger partial charge in [-0.05, 0) is 28.9 Å². The highest BCUT2D eigenvalue weighted by Crippen LogP contribution is 2.06. The highest BCUT2D eigenvalue weighted by Gasteiger charge is 1.93. The van der Waals surface area contributed by atoms with Crippen molar-refractivity contribution in [3.63, 3.8) is 0 Å². The number of carbonyl (C=O) groups is 1. The van der Waals surface area contributed by atoms with Crippen LogP contribution in [0.4, 0.5) is 0 Å². The van der Waals surface area contributed by atoms with Crippen LogP contribution in [0.3, 0.4) is 0 Å². The van der Waals surface area contributed by atoms with Crippen molar-refractivity contribution in [2.24, 2.45) is 0 Å². The van der Waals surface area contributed by atoms with Crippen molar-refractivity contribution in [2.75, 3.05) is 7.05 Å². The Morgan fingerprint density at radius 3 is 2.60 bits per heavy atom. The Balaban J connectivity index is 4.03. The fourth-order valence-corrected chi connectivity index (χ4v) is 0.580. The van der Waals surface area contributed by atoms with Crippen molar-refractivity contribution in [3.8, 4) is 0 Å².